The Balaban J connectivity index is 1.85. The summed E-state index contributed by atoms with van der Waals surface area (Å²) in [6.07, 6.45) is 4.14. The second kappa shape index (κ2) is 10.1. The maximum absolute atomic E-state index is 11.9. The van der Waals surface area contributed by atoms with Crippen LogP contribution in [0.3, 0.4) is 0 Å². The van der Waals surface area contributed by atoms with E-state index in [0.717, 1.165) is 42.0 Å². The van der Waals surface area contributed by atoms with Gasteiger partial charge in [0.25, 0.3) is 0 Å². The maximum Gasteiger partial charge on any atom is 0.218 e. The van der Waals surface area contributed by atoms with Crippen LogP contribution in [0.1, 0.15) is 42.0 Å². The highest BCUT2D eigenvalue weighted by Crippen LogP contribution is 2.46. The number of carbonyl (C=O) groups is 1. The zero-order valence-corrected chi connectivity index (χ0v) is 20.4. The van der Waals surface area contributed by atoms with Crippen LogP contribution in [0.5, 0.6) is 11.5 Å². The van der Waals surface area contributed by atoms with Gasteiger partial charge in [-0.15, -0.1) is 0 Å². The van der Waals surface area contributed by atoms with Crippen LogP contribution in [0.2, 0.25) is 0 Å². The smallest absolute Gasteiger partial charge is 0.218 e. The summed E-state index contributed by atoms with van der Waals surface area (Å²) in [5.74, 6) is 0.944. The third-order valence-electron chi connectivity index (χ3n) is 6.22. The minimum absolute atomic E-state index is 0.00524. The molecule has 0 aliphatic heterocycles. The number of ether oxygens (including phenoxy) is 2. The molecule has 1 amide bonds. The summed E-state index contributed by atoms with van der Waals surface area (Å²) in [4.78, 5) is 11.9. The molecule has 0 bridgehead atoms. The first-order chi connectivity index (χ1) is 16.3. The van der Waals surface area contributed by atoms with Crippen molar-refractivity contribution >= 4 is 26.8 Å². The van der Waals surface area contributed by atoms with Crippen molar-refractivity contribution in [2.24, 2.45) is 5.73 Å². The summed E-state index contributed by atoms with van der Waals surface area (Å²) in [5, 5.41) is 0.942. The summed E-state index contributed by atoms with van der Waals surface area (Å²) < 4.78 is 39.3. The third-order valence-corrected chi connectivity index (χ3v) is 6.95. The van der Waals surface area contributed by atoms with Gasteiger partial charge in [-0.25, -0.2) is 13.1 Å². The van der Waals surface area contributed by atoms with Crippen LogP contribution < -0.4 is 19.9 Å². The number of amides is 1. The van der Waals surface area contributed by atoms with Gasteiger partial charge in [-0.2, -0.15) is 0 Å². The molecular weight excluding hydrogens is 454 g/mol. The summed E-state index contributed by atoms with van der Waals surface area (Å²) in [6.45, 7) is 0.988. The Morgan fingerprint density at radius 2 is 2.00 bits per heavy atom. The molecule has 2 aromatic carbocycles. The number of aromatic nitrogens is 1. The fourth-order valence-corrected chi connectivity index (χ4v) is 5.33. The number of hydrogen-bond donors (Lipinski definition) is 2. The van der Waals surface area contributed by atoms with Gasteiger partial charge in [0.15, 0.2) is 0 Å². The number of rotatable bonds is 10. The van der Waals surface area contributed by atoms with Crippen molar-refractivity contribution in [3.63, 3.8) is 0 Å². The highest BCUT2D eigenvalue weighted by Gasteiger charge is 2.31. The quantitative estimate of drug-likeness (QED) is 0.429. The summed E-state index contributed by atoms with van der Waals surface area (Å²) >= 11 is 0. The topological polar surface area (TPSA) is 113 Å². The lowest BCUT2D eigenvalue weighted by molar-refractivity contribution is -0.118. The molecule has 3 aromatic rings. The predicted octanol–water partition coefficient (Wildman–Crippen LogP) is 2.92. The second-order valence-electron chi connectivity index (χ2n) is 8.73. The highest BCUT2D eigenvalue weighted by molar-refractivity contribution is 7.88. The number of nitrogens with one attached hydrogen (secondary N) is 1. The summed E-state index contributed by atoms with van der Waals surface area (Å²) in [5.41, 5.74) is 10.0. The maximum atomic E-state index is 11.9. The Labute approximate surface area is 200 Å². The molecule has 4 rings (SSSR count). The molecule has 8 nitrogen and oxygen atoms in total. The second-order valence-corrected chi connectivity index (χ2v) is 10.6. The predicted molar refractivity (Wildman–Crippen MR) is 132 cm³/mol. The summed E-state index contributed by atoms with van der Waals surface area (Å²) in [7, 11) is -1.70. The normalized spacial score (nSPS) is 15.8. The molecule has 0 radical (unpaired) electrons. The standard InChI is InChI=1S/C25H31N3O5S/c1-32-19-14-21-25(22(15-19)33-12-11-27-34(2,30)31)24-18(13-23(26)29)9-6-10-20(24)28(21)16-17-7-4-3-5-8-17/h3-5,7-8,14-15,18,27H,6,9-13,16H2,1-2H3,(H2,26,29). The van der Waals surface area contributed by atoms with Crippen LogP contribution in [0, 0.1) is 0 Å². The van der Waals surface area contributed by atoms with E-state index in [4.69, 9.17) is 15.2 Å². The lowest BCUT2D eigenvalue weighted by atomic mass is 9.82. The van der Waals surface area contributed by atoms with Gasteiger partial charge in [0, 0.05) is 42.7 Å². The molecule has 34 heavy (non-hydrogen) atoms. The lowest BCUT2D eigenvalue weighted by Crippen LogP contribution is -2.26. The van der Waals surface area contributed by atoms with E-state index in [1.165, 1.54) is 11.3 Å². The Kier molecular flexibility index (Phi) is 7.13. The number of nitrogens with zero attached hydrogens (tertiary/aromatic N) is 1. The number of primary amides is 1. The van der Waals surface area contributed by atoms with Crippen molar-refractivity contribution in [3.8, 4) is 11.5 Å². The van der Waals surface area contributed by atoms with Gasteiger partial charge < -0.3 is 19.8 Å². The van der Waals surface area contributed by atoms with Gasteiger partial charge in [-0.05, 0) is 36.3 Å². The Morgan fingerprint density at radius 1 is 1.24 bits per heavy atom. The van der Waals surface area contributed by atoms with Crippen LogP contribution in [-0.4, -0.2) is 45.4 Å². The van der Waals surface area contributed by atoms with Crippen molar-refractivity contribution in [1.29, 1.82) is 0 Å². The molecule has 1 atom stereocenters. The minimum atomic E-state index is -3.31. The van der Waals surface area contributed by atoms with Crippen molar-refractivity contribution in [2.45, 2.75) is 38.1 Å². The molecule has 3 N–H and O–H groups in total. The van der Waals surface area contributed by atoms with E-state index >= 15 is 0 Å². The van der Waals surface area contributed by atoms with Crippen molar-refractivity contribution in [1.82, 2.24) is 9.29 Å². The highest BCUT2D eigenvalue weighted by atomic mass is 32.2. The number of nitrogens with two attached hydrogens (primary N) is 1. The average molecular weight is 486 g/mol. The average Bonchev–Trinajstić information content (AvgIpc) is 3.11. The van der Waals surface area contributed by atoms with Gasteiger partial charge in [0.1, 0.15) is 18.1 Å². The molecule has 1 heterocycles. The van der Waals surface area contributed by atoms with E-state index in [-0.39, 0.29) is 31.4 Å². The summed E-state index contributed by atoms with van der Waals surface area (Å²) in [6, 6.07) is 14.0. The number of sulfonamides is 1. The van der Waals surface area contributed by atoms with E-state index in [9.17, 15) is 13.2 Å². The van der Waals surface area contributed by atoms with E-state index in [1.807, 2.05) is 30.3 Å². The molecule has 1 aromatic heterocycles. The first-order valence-corrected chi connectivity index (χ1v) is 13.3. The molecule has 1 aliphatic carbocycles. The van der Waals surface area contributed by atoms with Crippen molar-refractivity contribution < 1.29 is 22.7 Å². The van der Waals surface area contributed by atoms with Crippen LogP contribution in [0.25, 0.3) is 10.9 Å². The molecule has 0 saturated heterocycles. The molecule has 1 unspecified atom stereocenters. The van der Waals surface area contributed by atoms with E-state index in [1.54, 1.807) is 7.11 Å². The number of hydrogen-bond acceptors (Lipinski definition) is 5. The van der Waals surface area contributed by atoms with Crippen molar-refractivity contribution in [3.05, 3.63) is 59.3 Å². The molecule has 9 heteroatoms. The minimum Gasteiger partial charge on any atom is -0.497 e. The monoisotopic (exact) mass is 485 g/mol. The van der Waals surface area contributed by atoms with Gasteiger partial charge in [-0.3, -0.25) is 4.79 Å². The van der Waals surface area contributed by atoms with Crippen LogP contribution in [0.4, 0.5) is 0 Å². The Hall–Kier alpha value is -3.04. The van der Waals surface area contributed by atoms with Gasteiger partial charge in [0.2, 0.25) is 15.9 Å². The fourth-order valence-electron chi connectivity index (χ4n) is 4.88. The molecule has 1 aliphatic rings. The van der Waals surface area contributed by atoms with Crippen LogP contribution in [0.15, 0.2) is 42.5 Å². The Bertz CT molecular complexity index is 1290. The SMILES string of the molecule is COc1cc(OCCNS(C)(=O)=O)c2c3c(n(Cc4ccccc4)c2c1)CCCC3CC(N)=O. The molecule has 182 valence electrons. The van der Waals surface area contributed by atoms with Crippen LogP contribution >= 0.6 is 0 Å². The van der Waals surface area contributed by atoms with Crippen LogP contribution in [-0.2, 0) is 27.8 Å². The molecule has 0 saturated carbocycles. The zero-order valence-electron chi connectivity index (χ0n) is 19.5. The van der Waals surface area contributed by atoms with E-state index in [2.05, 4.69) is 21.4 Å². The fraction of sp³-hybridized carbons (Fsp3) is 0.400. The first kappa shape index (κ1) is 24.1. The zero-order chi connectivity index (χ0) is 24.3. The molecular formula is C25H31N3O5S. The lowest BCUT2D eigenvalue weighted by Gasteiger charge is -2.24. The number of carbonyl (C=O) groups excluding carboxylic acids is 1. The number of fused-ring (bicyclic) bond motifs is 3. The van der Waals surface area contributed by atoms with Crippen molar-refractivity contribution in [2.75, 3.05) is 26.5 Å². The Morgan fingerprint density at radius 3 is 2.68 bits per heavy atom. The van der Waals surface area contributed by atoms with Gasteiger partial charge >= 0.3 is 0 Å². The third kappa shape index (κ3) is 5.37. The van der Waals surface area contributed by atoms with Gasteiger partial charge in [0.05, 0.1) is 18.9 Å². The largest absolute Gasteiger partial charge is 0.497 e. The van der Waals surface area contributed by atoms with E-state index < -0.39 is 10.0 Å². The number of benzene rings is 2. The van der Waals surface area contributed by atoms with E-state index in [0.29, 0.717) is 18.0 Å². The molecule has 0 spiro atoms. The number of methoxy groups -OCH3 is 1. The first-order valence-electron chi connectivity index (χ1n) is 11.4. The van der Waals surface area contributed by atoms with Gasteiger partial charge in [-0.1, -0.05) is 30.3 Å². The molecule has 0 fully saturated rings.